The number of nitrogen functional groups attached to an aromatic ring is 1. The molecular formula is C21H22Cl2N8O2S2. The fourth-order valence-electron chi connectivity index (χ4n) is 4.40. The van der Waals surface area contributed by atoms with Gasteiger partial charge in [0, 0.05) is 48.1 Å². The summed E-state index contributed by atoms with van der Waals surface area (Å²) in [6.07, 6.45) is 4.88. The molecule has 5 rings (SSSR count). The molecule has 35 heavy (non-hydrogen) atoms. The van der Waals surface area contributed by atoms with Gasteiger partial charge in [-0.15, -0.1) is 5.10 Å². The van der Waals surface area contributed by atoms with Crippen LogP contribution in [0.3, 0.4) is 0 Å². The molecule has 0 bridgehead atoms. The van der Waals surface area contributed by atoms with Crippen LogP contribution in [0.15, 0.2) is 30.9 Å². The van der Waals surface area contributed by atoms with Crippen LogP contribution in [0.25, 0.3) is 11.2 Å². The van der Waals surface area contributed by atoms with E-state index < -0.39 is 5.91 Å². The molecule has 4 aromatic rings. The van der Waals surface area contributed by atoms with Crippen molar-refractivity contribution >= 4 is 71.6 Å². The van der Waals surface area contributed by atoms with E-state index >= 15 is 0 Å². The Balaban J connectivity index is 1.53. The highest BCUT2D eigenvalue weighted by molar-refractivity contribution is 8.32. The summed E-state index contributed by atoms with van der Waals surface area (Å²) in [4.78, 5) is 23.8. The fourth-order valence-corrected chi connectivity index (χ4v) is 7.63. The lowest BCUT2D eigenvalue weighted by Crippen LogP contribution is -2.50. The van der Waals surface area contributed by atoms with Crippen LogP contribution in [0.4, 0.5) is 11.6 Å². The minimum absolute atomic E-state index is 0.0937. The zero-order chi connectivity index (χ0) is 24.9. The Morgan fingerprint density at radius 1 is 1.34 bits per heavy atom. The lowest BCUT2D eigenvalue weighted by atomic mass is 10.1. The van der Waals surface area contributed by atoms with E-state index in [0.717, 1.165) is 17.1 Å². The molecule has 1 unspecified atom stereocenters. The van der Waals surface area contributed by atoms with Crippen molar-refractivity contribution in [3.8, 4) is 0 Å². The molecule has 1 saturated heterocycles. The highest BCUT2D eigenvalue weighted by Crippen LogP contribution is 2.35. The second-order valence-corrected chi connectivity index (χ2v) is 13.4. The first-order valence-electron chi connectivity index (χ1n) is 10.7. The first-order valence-corrected chi connectivity index (χ1v) is 14.1. The van der Waals surface area contributed by atoms with E-state index in [1.54, 1.807) is 30.9 Å². The molecule has 0 radical (unpaired) electrons. The first kappa shape index (κ1) is 24.0. The predicted molar refractivity (Wildman–Crippen MR) is 140 cm³/mol. The maximum atomic E-state index is 13.1. The number of pyridine rings is 1. The third-order valence-corrected chi connectivity index (χ3v) is 11.0. The summed E-state index contributed by atoms with van der Waals surface area (Å²) in [6.45, 7) is 5.71. The number of nitrogens with one attached hydrogen (secondary N) is 1. The monoisotopic (exact) mass is 552 g/mol. The smallest absolute Gasteiger partial charge is 0.259 e. The first-order chi connectivity index (χ1) is 16.7. The van der Waals surface area contributed by atoms with E-state index in [2.05, 4.69) is 39.1 Å². The van der Waals surface area contributed by atoms with Crippen LogP contribution in [0.1, 0.15) is 29.8 Å². The van der Waals surface area contributed by atoms with Crippen LogP contribution in [-0.4, -0.2) is 57.7 Å². The lowest BCUT2D eigenvalue weighted by Gasteiger charge is -2.41. The van der Waals surface area contributed by atoms with Crippen LogP contribution in [0.2, 0.25) is 10.2 Å². The Hall–Kier alpha value is -2.67. The molecule has 1 aliphatic rings. The predicted octanol–water partition coefficient (Wildman–Crippen LogP) is 2.54. The van der Waals surface area contributed by atoms with Crippen LogP contribution < -0.4 is 16.0 Å². The number of carbonyl (C=O) groups excluding carboxylic acids is 1. The van der Waals surface area contributed by atoms with Crippen molar-refractivity contribution in [1.82, 2.24) is 29.3 Å². The van der Waals surface area contributed by atoms with Gasteiger partial charge in [0.1, 0.15) is 33.5 Å². The van der Waals surface area contributed by atoms with Crippen molar-refractivity contribution in [3.63, 3.8) is 0 Å². The standard InChI is InChI=1S/C21H22Cl2N8O2S2/c1-21(2)10-29(6-7-35(21)34-33)20-12(8-13(22)15-16(23)27-11-30(15)20)9-26-19(32)14-17(24)28-31-5-3-4-25-18(14)31/h3-5,8,11H,6-7,9-10H2,1-2H3,(H2,24,28)(H,26,32). The minimum atomic E-state index is -0.398. The van der Waals surface area contributed by atoms with Crippen molar-refractivity contribution in [2.45, 2.75) is 25.1 Å². The number of nitrogens with zero attached hydrogens (tertiary/aromatic N) is 6. The van der Waals surface area contributed by atoms with Gasteiger partial charge in [-0.25, -0.2) is 18.7 Å². The van der Waals surface area contributed by atoms with Gasteiger partial charge in [0.25, 0.3) is 5.91 Å². The van der Waals surface area contributed by atoms with E-state index in [9.17, 15) is 9.00 Å². The quantitative estimate of drug-likeness (QED) is 0.398. The molecule has 1 atom stereocenters. The summed E-state index contributed by atoms with van der Waals surface area (Å²) in [7, 11) is 0.385. The molecule has 3 N–H and O–H groups in total. The topological polar surface area (TPSA) is 123 Å². The molecule has 1 amide bonds. The summed E-state index contributed by atoms with van der Waals surface area (Å²) < 4.78 is 14.8. The molecule has 1 fully saturated rings. The van der Waals surface area contributed by atoms with Gasteiger partial charge in [0.05, 0.1) is 5.02 Å². The van der Waals surface area contributed by atoms with E-state index in [0.29, 0.717) is 44.7 Å². The number of hydrogen-bond acceptors (Lipinski definition) is 7. The summed E-state index contributed by atoms with van der Waals surface area (Å²) in [5, 5.41) is 7.81. The molecule has 184 valence electrons. The number of carbonyl (C=O) groups is 1. The van der Waals surface area contributed by atoms with Gasteiger partial charge in [0.2, 0.25) is 0 Å². The number of amides is 1. The third kappa shape index (κ3) is 4.18. The van der Waals surface area contributed by atoms with Crippen molar-refractivity contribution in [3.05, 3.63) is 52.2 Å². The van der Waals surface area contributed by atoms with E-state index in [1.807, 2.05) is 4.40 Å². The molecular weight excluding hydrogens is 531 g/mol. The number of fused-ring (bicyclic) bond motifs is 2. The number of aromatic nitrogens is 5. The highest BCUT2D eigenvalue weighted by Gasteiger charge is 2.34. The average Bonchev–Trinajstić information content (AvgIpc) is 3.36. The molecule has 5 heterocycles. The average molecular weight is 554 g/mol. The largest absolute Gasteiger partial charge is 0.381 e. The lowest BCUT2D eigenvalue weighted by molar-refractivity contribution is 0.0953. The number of anilines is 2. The summed E-state index contributed by atoms with van der Waals surface area (Å²) in [5.74, 6) is 1.27. The van der Waals surface area contributed by atoms with Gasteiger partial charge in [-0.2, -0.15) is 0 Å². The zero-order valence-corrected chi connectivity index (χ0v) is 22.0. The Bertz CT molecular complexity index is 1540. The molecule has 0 spiro atoms. The van der Waals surface area contributed by atoms with E-state index in [-0.39, 0.29) is 32.1 Å². The van der Waals surface area contributed by atoms with Gasteiger partial charge in [-0.05, 0) is 26.0 Å². The Morgan fingerprint density at radius 3 is 2.89 bits per heavy atom. The number of halogens is 2. The van der Waals surface area contributed by atoms with Gasteiger partial charge in [-0.3, -0.25) is 9.20 Å². The second kappa shape index (κ2) is 9.08. The second-order valence-electron chi connectivity index (χ2n) is 8.72. The fraction of sp³-hybridized carbons (Fsp3) is 0.333. The normalized spacial score (nSPS) is 17.7. The van der Waals surface area contributed by atoms with Gasteiger partial charge < -0.3 is 16.0 Å². The molecule has 14 heteroatoms. The van der Waals surface area contributed by atoms with Crippen LogP contribution >= 0.6 is 23.2 Å². The maximum absolute atomic E-state index is 13.1. The molecule has 1 aliphatic heterocycles. The number of hydrogen-bond donors (Lipinski definition) is 2. The van der Waals surface area contributed by atoms with Gasteiger partial charge >= 0.3 is 0 Å². The van der Waals surface area contributed by atoms with Crippen molar-refractivity contribution in [2.75, 3.05) is 29.5 Å². The Morgan fingerprint density at radius 2 is 2.14 bits per heavy atom. The van der Waals surface area contributed by atoms with Crippen LogP contribution in [0, 0.1) is 0 Å². The van der Waals surface area contributed by atoms with Gasteiger partial charge in [-0.1, -0.05) is 32.7 Å². The molecule has 10 nitrogen and oxygen atoms in total. The summed E-state index contributed by atoms with van der Waals surface area (Å²) in [5.41, 5.74) is 7.96. The zero-order valence-electron chi connectivity index (χ0n) is 18.9. The third-order valence-electron chi connectivity index (χ3n) is 5.97. The number of rotatable bonds is 4. The van der Waals surface area contributed by atoms with Crippen LogP contribution in [-0.2, 0) is 26.2 Å². The molecule has 4 aromatic heterocycles. The SMILES string of the molecule is CC1(C)CN(c2c(CNC(=O)c3c(N)nn4cccnc34)cc(Cl)c3c(Cl)ncn23)CCS1=S=O. The maximum Gasteiger partial charge on any atom is 0.259 e. The van der Waals surface area contributed by atoms with Crippen molar-refractivity contribution < 1.29 is 9.00 Å². The highest BCUT2D eigenvalue weighted by atomic mass is 35.5. The molecule has 0 aliphatic carbocycles. The summed E-state index contributed by atoms with van der Waals surface area (Å²) >= 11 is 12.9. The minimum Gasteiger partial charge on any atom is -0.381 e. The van der Waals surface area contributed by atoms with Crippen molar-refractivity contribution in [1.29, 1.82) is 0 Å². The Kier molecular flexibility index (Phi) is 6.24. The number of imidazole rings is 1. The van der Waals surface area contributed by atoms with Gasteiger partial charge in [0.15, 0.2) is 16.6 Å². The van der Waals surface area contributed by atoms with Crippen LogP contribution in [0.5, 0.6) is 0 Å². The van der Waals surface area contributed by atoms with E-state index in [4.69, 9.17) is 28.9 Å². The number of nitrogens with two attached hydrogens (primary N) is 1. The Labute approximate surface area is 216 Å². The van der Waals surface area contributed by atoms with E-state index in [1.165, 1.54) is 4.52 Å². The van der Waals surface area contributed by atoms with Crippen molar-refractivity contribution in [2.24, 2.45) is 0 Å². The molecule has 0 aromatic carbocycles. The summed E-state index contributed by atoms with van der Waals surface area (Å²) in [6, 6.07) is 3.50. The molecule has 0 saturated carbocycles.